The molecule has 1 spiro atoms. The van der Waals surface area contributed by atoms with E-state index in [0.717, 1.165) is 11.1 Å². The lowest BCUT2D eigenvalue weighted by Crippen LogP contribution is -2.57. The molecule has 3 heterocycles. The van der Waals surface area contributed by atoms with Crippen LogP contribution in [0, 0.1) is 0 Å². The molecule has 2 aliphatic heterocycles. The first kappa shape index (κ1) is 15.8. The van der Waals surface area contributed by atoms with Crippen molar-refractivity contribution < 1.29 is 4.84 Å². The van der Waals surface area contributed by atoms with Crippen LogP contribution in [0.2, 0.25) is 0 Å². The number of hydrogen-bond donors (Lipinski definition) is 0. The molecule has 0 bridgehead atoms. The van der Waals surface area contributed by atoms with E-state index in [4.69, 9.17) is 9.82 Å². The Balaban J connectivity index is 1.62. The Morgan fingerprint density at radius 3 is 2.44 bits per heavy atom. The van der Waals surface area contributed by atoms with Crippen LogP contribution >= 0.6 is 0 Å². The van der Waals surface area contributed by atoms with Crippen molar-refractivity contribution in [3.05, 3.63) is 77.5 Å². The van der Waals surface area contributed by atoms with E-state index in [1.54, 1.807) is 0 Å². The number of hydroxylamine groups is 2. The third-order valence-corrected chi connectivity index (χ3v) is 7.41. The van der Waals surface area contributed by atoms with E-state index in [-0.39, 0.29) is 11.0 Å². The fraction of sp³-hybridized carbons (Fsp3) is 0.375. The summed E-state index contributed by atoms with van der Waals surface area (Å²) in [5.74, 6) is 0. The molecule has 1 aliphatic carbocycles. The van der Waals surface area contributed by atoms with Crippen LogP contribution in [0.25, 0.3) is 10.9 Å². The summed E-state index contributed by atoms with van der Waals surface area (Å²) in [6, 6.07) is 19.5. The monoisotopic (exact) mass is 356 g/mol. The van der Waals surface area contributed by atoms with E-state index in [1.165, 1.54) is 42.2 Å². The van der Waals surface area contributed by atoms with E-state index < -0.39 is 5.72 Å². The summed E-state index contributed by atoms with van der Waals surface area (Å²) in [4.78, 5) is 11.3. The number of benzene rings is 2. The fourth-order valence-corrected chi connectivity index (χ4v) is 5.86. The summed E-state index contributed by atoms with van der Waals surface area (Å²) >= 11 is 0. The lowest BCUT2D eigenvalue weighted by atomic mass is 9.61. The Labute approximate surface area is 159 Å². The first-order valence-electron chi connectivity index (χ1n) is 10.0. The van der Waals surface area contributed by atoms with Gasteiger partial charge < -0.3 is 0 Å². The van der Waals surface area contributed by atoms with Gasteiger partial charge in [-0.1, -0.05) is 69.2 Å². The molecule has 6 rings (SSSR count). The highest BCUT2D eigenvalue weighted by atomic mass is 16.9. The van der Waals surface area contributed by atoms with Crippen LogP contribution in [-0.2, 0) is 16.0 Å². The van der Waals surface area contributed by atoms with Crippen molar-refractivity contribution in [3.63, 3.8) is 0 Å². The second-order valence-electron chi connectivity index (χ2n) is 8.86. The molecular weight excluding hydrogens is 332 g/mol. The van der Waals surface area contributed by atoms with Gasteiger partial charge in [-0.05, 0) is 30.5 Å². The predicted molar refractivity (Wildman–Crippen MR) is 106 cm³/mol. The largest absolute Gasteiger partial charge is 0.260 e. The van der Waals surface area contributed by atoms with Gasteiger partial charge >= 0.3 is 0 Å². The van der Waals surface area contributed by atoms with Gasteiger partial charge in [0, 0.05) is 28.1 Å². The average molecular weight is 356 g/mol. The summed E-state index contributed by atoms with van der Waals surface area (Å²) in [5, 5.41) is 3.50. The Kier molecular flexibility index (Phi) is 2.91. The molecule has 3 aromatic rings. The zero-order chi connectivity index (χ0) is 18.3. The van der Waals surface area contributed by atoms with Gasteiger partial charge in [0.15, 0.2) is 0 Å². The van der Waals surface area contributed by atoms with E-state index in [0.29, 0.717) is 0 Å². The molecule has 1 aromatic heterocycles. The molecule has 3 aliphatic rings. The Bertz CT molecular complexity index is 1070. The highest BCUT2D eigenvalue weighted by Crippen LogP contribution is 2.68. The molecule has 0 amide bonds. The first-order chi connectivity index (χ1) is 13.1. The minimum absolute atomic E-state index is 0.0599. The van der Waals surface area contributed by atoms with Crippen molar-refractivity contribution in [1.82, 2.24) is 10.0 Å². The summed E-state index contributed by atoms with van der Waals surface area (Å²) < 4.78 is 0. The molecule has 1 saturated heterocycles. The van der Waals surface area contributed by atoms with E-state index >= 15 is 0 Å². The number of rotatable bonds is 1. The second kappa shape index (κ2) is 4.98. The smallest absolute Gasteiger partial charge is 0.218 e. The molecule has 3 heteroatoms. The summed E-state index contributed by atoms with van der Waals surface area (Å²) in [5.41, 5.74) is 4.53. The zero-order valence-electron chi connectivity index (χ0n) is 15.9. The Morgan fingerprint density at radius 2 is 1.63 bits per heavy atom. The number of pyridine rings is 1. The third kappa shape index (κ3) is 1.77. The standard InChI is InChI=1S/C24H24N2O/c1-22(2)19-10-4-5-11-20(19)24(26(27-24)23(22)13-7-8-14-23)18-15-17-9-3-6-12-21(17)25-16-18/h3-6,9-12,15-16H,7-8,13-14H2,1-2H3. The molecule has 136 valence electrons. The van der Waals surface area contributed by atoms with Gasteiger partial charge in [0.1, 0.15) is 0 Å². The van der Waals surface area contributed by atoms with Gasteiger partial charge in [0.25, 0.3) is 0 Å². The number of aromatic nitrogens is 1. The van der Waals surface area contributed by atoms with Crippen molar-refractivity contribution in [3.8, 4) is 0 Å². The van der Waals surface area contributed by atoms with Crippen molar-refractivity contribution >= 4 is 10.9 Å². The topological polar surface area (TPSA) is 28.4 Å². The first-order valence-corrected chi connectivity index (χ1v) is 10.0. The molecule has 2 aromatic carbocycles. The van der Waals surface area contributed by atoms with Crippen LogP contribution in [0.1, 0.15) is 56.2 Å². The lowest BCUT2D eigenvalue weighted by Gasteiger charge is -2.49. The molecule has 2 atom stereocenters. The van der Waals surface area contributed by atoms with Crippen LogP contribution in [0.3, 0.4) is 0 Å². The van der Waals surface area contributed by atoms with Crippen LogP contribution in [-0.4, -0.2) is 15.6 Å². The Morgan fingerprint density at radius 1 is 0.926 bits per heavy atom. The number of fused-ring (bicyclic) bond motifs is 5. The van der Waals surface area contributed by atoms with E-state index in [2.05, 4.69) is 67.4 Å². The summed E-state index contributed by atoms with van der Waals surface area (Å²) in [6.07, 6.45) is 6.95. The van der Waals surface area contributed by atoms with Crippen LogP contribution in [0.5, 0.6) is 0 Å². The lowest BCUT2D eigenvalue weighted by molar-refractivity contribution is 0.00851. The highest BCUT2D eigenvalue weighted by Gasteiger charge is 2.74. The van der Waals surface area contributed by atoms with Gasteiger partial charge in [-0.3, -0.25) is 9.82 Å². The fourth-order valence-electron chi connectivity index (χ4n) is 5.86. The maximum absolute atomic E-state index is 6.59. The minimum atomic E-state index is -0.479. The van der Waals surface area contributed by atoms with Gasteiger partial charge in [-0.2, -0.15) is 0 Å². The SMILES string of the molecule is CC1(C)c2ccccc2C2(c3cnc4ccccc4c3)ON2C12CCCC2. The van der Waals surface area contributed by atoms with Gasteiger partial charge in [0.2, 0.25) is 5.72 Å². The maximum atomic E-state index is 6.59. The molecule has 0 radical (unpaired) electrons. The number of para-hydroxylation sites is 1. The average Bonchev–Trinajstić information content (AvgIpc) is 3.28. The minimum Gasteiger partial charge on any atom is -0.260 e. The van der Waals surface area contributed by atoms with Gasteiger partial charge in [-0.15, -0.1) is 5.06 Å². The van der Waals surface area contributed by atoms with Crippen LogP contribution < -0.4 is 0 Å². The summed E-state index contributed by atoms with van der Waals surface area (Å²) in [6.45, 7) is 4.81. The van der Waals surface area contributed by atoms with Gasteiger partial charge in [-0.25, -0.2) is 0 Å². The van der Waals surface area contributed by atoms with Crippen molar-refractivity contribution in [1.29, 1.82) is 0 Å². The quantitative estimate of drug-likeness (QED) is 0.555. The maximum Gasteiger partial charge on any atom is 0.218 e. The third-order valence-electron chi connectivity index (χ3n) is 7.41. The number of nitrogens with zero attached hydrogens (tertiary/aromatic N) is 2. The molecule has 1 saturated carbocycles. The predicted octanol–water partition coefficient (Wildman–Crippen LogP) is 5.29. The highest BCUT2D eigenvalue weighted by molar-refractivity contribution is 5.79. The normalized spacial score (nSPS) is 29.5. The summed E-state index contributed by atoms with van der Waals surface area (Å²) in [7, 11) is 0. The van der Waals surface area contributed by atoms with Crippen molar-refractivity contribution in [2.75, 3.05) is 0 Å². The Hall–Kier alpha value is -2.23. The van der Waals surface area contributed by atoms with E-state index in [9.17, 15) is 0 Å². The molecule has 2 unspecified atom stereocenters. The second-order valence-corrected chi connectivity index (χ2v) is 8.86. The van der Waals surface area contributed by atoms with Crippen molar-refractivity contribution in [2.45, 2.75) is 56.2 Å². The van der Waals surface area contributed by atoms with Gasteiger partial charge in [0.05, 0.1) is 11.1 Å². The van der Waals surface area contributed by atoms with E-state index in [1.807, 2.05) is 12.3 Å². The zero-order valence-corrected chi connectivity index (χ0v) is 15.9. The molecule has 3 nitrogen and oxygen atoms in total. The van der Waals surface area contributed by atoms with Crippen LogP contribution in [0.15, 0.2) is 60.8 Å². The molecule has 0 N–H and O–H groups in total. The van der Waals surface area contributed by atoms with Crippen LogP contribution in [0.4, 0.5) is 0 Å². The van der Waals surface area contributed by atoms with Crippen molar-refractivity contribution in [2.24, 2.45) is 0 Å². The number of hydrogen-bond acceptors (Lipinski definition) is 3. The molecular formula is C24H24N2O. The molecule has 2 fully saturated rings. The molecule has 27 heavy (non-hydrogen) atoms.